The molecule has 0 spiro atoms. The Labute approximate surface area is 132 Å². The Morgan fingerprint density at radius 1 is 1.36 bits per heavy atom. The molecule has 0 aliphatic carbocycles. The first-order valence-electron chi connectivity index (χ1n) is 6.70. The van der Waals surface area contributed by atoms with Gasteiger partial charge in [-0.1, -0.05) is 23.7 Å². The lowest BCUT2D eigenvalue weighted by Gasteiger charge is -2.33. The van der Waals surface area contributed by atoms with E-state index in [-0.39, 0.29) is 6.42 Å². The smallest absolute Gasteiger partial charge is 0.427 e. The van der Waals surface area contributed by atoms with Crippen molar-refractivity contribution in [2.24, 2.45) is 0 Å². The maximum Gasteiger partial charge on any atom is 0.427 e. The molecule has 1 atom stereocenters. The van der Waals surface area contributed by atoms with Gasteiger partial charge in [0.15, 0.2) is 0 Å². The van der Waals surface area contributed by atoms with Crippen molar-refractivity contribution in [1.82, 2.24) is 4.90 Å². The number of benzene rings is 1. The van der Waals surface area contributed by atoms with Gasteiger partial charge < -0.3 is 9.47 Å². The van der Waals surface area contributed by atoms with Gasteiger partial charge in [-0.05, 0) is 38.5 Å². The van der Waals surface area contributed by atoms with Gasteiger partial charge in [0, 0.05) is 5.02 Å². The van der Waals surface area contributed by atoms with Crippen LogP contribution in [0.2, 0.25) is 5.02 Å². The number of carbonyl (C=O) groups excluding carboxylic acids is 3. The zero-order valence-corrected chi connectivity index (χ0v) is 13.2. The van der Waals surface area contributed by atoms with Crippen LogP contribution in [0.4, 0.5) is 9.59 Å². The monoisotopic (exact) mass is 325 g/mol. The Balaban J connectivity index is 2.36. The average Bonchev–Trinajstić information content (AvgIpc) is 2.35. The lowest BCUT2D eigenvalue weighted by Crippen LogP contribution is -2.48. The van der Waals surface area contributed by atoms with Crippen LogP contribution in [0, 0.1) is 0 Å². The number of hydrogen-bond acceptors (Lipinski definition) is 5. The summed E-state index contributed by atoms with van der Waals surface area (Å²) >= 11 is 5.93. The number of rotatable bonds is 1. The molecular weight excluding hydrogens is 310 g/mol. The van der Waals surface area contributed by atoms with E-state index in [4.69, 9.17) is 16.3 Å². The molecule has 2 rings (SSSR count). The largest absolute Gasteiger partial charge is 0.443 e. The summed E-state index contributed by atoms with van der Waals surface area (Å²) in [4.78, 5) is 36.6. The Bertz CT molecular complexity index is 623. The predicted octanol–water partition coefficient (Wildman–Crippen LogP) is 3.69. The minimum atomic E-state index is -1.05. The highest BCUT2D eigenvalue weighted by Gasteiger charge is 2.42. The summed E-state index contributed by atoms with van der Waals surface area (Å²) in [6.07, 6.45) is -2.06. The molecule has 1 aromatic rings. The van der Waals surface area contributed by atoms with E-state index in [2.05, 4.69) is 4.74 Å². The summed E-state index contributed by atoms with van der Waals surface area (Å²) in [6.45, 7) is 5.04. The standard InChI is InChI=1S/C15H16ClNO5/c1-15(2,3)22-14(20)17-11(8-12(18)21-13(17)19)9-5-4-6-10(16)7-9/h4-7,11H,8H2,1-3H3. The van der Waals surface area contributed by atoms with Gasteiger partial charge in [0.2, 0.25) is 0 Å². The van der Waals surface area contributed by atoms with Crippen molar-refractivity contribution in [3.05, 3.63) is 34.9 Å². The van der Waals surface area contributed by atoms with Crippen LogP contribution in [0.15, 0.2) is 24.3 Å². The summed E-state index contributed by atoms with van der Waals surface area (Å²) in [5.41, 5.74) is -0.221. The van der Waals surface area contributed by atoms with Gasteiger partial charge in [0.25, 0.3) is 0 Å². The number of nitrogens with zero attached hydrogens (tertiary/aromatic N) is 1. The van der Waals surface area contributed by atoms with Gasteiger partial charge in [-0.15, -0.1) is 0 Å². The van der Waals surface area contributed by atoms with Crippen molar-refractivity contribution in [3.8, 4) is 0 Å². The fourth-order valence-corrected chi connectivity index (χ4v) is 2.26. The van der Waals surface area contributed by atoms with Crippen molar-refractivity contribution in [2.45, 2.75) is 38.8 Å². The number of hydrogen-bond donors (Lipinski definition) is 0. The molecule has 0 saturated carbocycles. The van der Waals surface area contributed by atoms with E-state index in [0.29, 0.717) is 10.6 Å². The van der Waals surface area contributed by atoms with Crippen LogP contribution in [-0.2, 0) is 14.3 Å². The highest BCUT2D eigenvalue weighted by molar-refractivity contribution is 6.30. The number of carbonyl (C=O) groups is 3. The minimum absolute atomic E-state index is 0.147. The molecule has 2 amide bonds. The van der Waals surface area contributed by atoms with E-state index in [1.165, 1.54) is 0 Å². The molecule has 0 bridgehead atoms. The van der Waals surface area contributed by atoms with Crippen molar-refractivity contribution in [2.75, 3.05) is 0 Å². The van der Waals surface area contributed by atoms with Crippen LogP contribution in [-0.4, -0.2) is 28.7 Å². The third-order valence-electron chi connectivity index (χ3n) is 2.89. The number of halogens is 1. The minimum Gasteiger partial charge on any atom is -0.443 e. The first-order valence-corrected chi connectivity index (χ1v) is 7.07. The molecule has 1 aliphatic heterocycles. The Hall–Kier alpha value is -2.08. The van der Waals surface area contributed by atoms with Crippen molar-refractivity contribution in [3.63, 3.8) is 0 Å². The van der Waals surface area contributed by atoms with Gasteiger partial charge in [0.1, 0.15) is 5.60 Å². The summed E-state index contributed by atoms with van der Waals surface area (Å²) in [5, 5.41) is 0.438. The van der Waals surface area contributed by atoms with Gasteiger partial charge in [-0.25, -0.2) is 14.5 Å². The van der Waals surface area contributed by atoms with Crippen molar-refractivity contribution in [1.29, 1.82) is 0 Å². The lowest BCUT2D eigenvalue weighted by molar-refractivity contribution is -0.143. The molecule has 22 heavy (non-hydrogen) atoms. The highest BCUT2D eigenvalue weighted by Crippen LogP contribution is 2.32. The molecular formula is C15H16ClNO5. The highest BCUT2D eigenvalue weighted by atomic mass is 35.5. The summed E-state index contributed by atoms with van der Waals surface area (Å²) in [5.74, 6) is -0.699. The van der Waals surface area contributed by atoms with Crippen LogP contribution in [0.5, 0.6) is 0 Å². The maximum atomic E-state index is 12.3. The summed E-state index contributed by atoms with van der Waals surface area (Å²) < 4.78 is 9.74. The molecule has 1 heterocycles. The SMILES string of the molecule is CC(C)(C)OC(=O)N1C(=O)OC(=O)CC1c1cccc(Cl)c1. The van der Waals surface area contributed by atoms with E-state index in [1.54, 1.807) is 45.0 Å². The maximum absolute atomic E-state index is 12.3. The Kier molecular flexibility index (Phi) is 4.42. The first kappa shape index (κ1) is 16.3. The topological polar surface area (TPSA) is 72.9 Å². The van der Waals surface area contributed by atoms with Gasteiger partial charge in [0.05, 0.1) is 12.5 Å². The number of esters is 1. The normalized spacial score (nSPS) is 18.9. The molecule has 1 unspecified atom stereocenters. The zero-order chi connectivity index (χ0) is 16.5. The second-order valence-corrected chi connectivity index (χ2v) is 6.30. The van der Waals surface area contributed by atoms with Gasteiger partial charge >= 0.3 is 18.2 Å². The van der Waals surface area contributed by atoms with Crippen LogP contribution >= 0.6 is 11.6 Å². The Morgan fingerprint density at radius 3 is 2.64 bits per heavy atom. The third kappa shape index (κ3) is 3.76. The fraction of sp³-hybridized carbons (Fsp3) is 0.400. The van der Waals surface area contributed by atoms with E-state index in [1.807, 2.05) is 0 Å². The quantitative estimate of drug-likeness (QED) is 0.581. The number of amides is 2. The predicted molar refractivity (Wildman–Crippen MR) is 78.4 cm³/mol. The van der Waals surface area contributed by atoms with E-state index in [0.717, 1.165) is 4.90 Å². The average molecular weight is 326 g/mol. The molecule has 1 aliphatic rings. The molecule has 7 heteroatoms. The number of cyclic esters (lactones) is 2. The number of imide groups is 1. The molecule has 1 saturated heterocycles. The van der Waals surface area contributed by atoms with Gasteiger partial charge in [-0.3, -0.25) is 4.79 Å². The van der Waals surface area contributed by atoms with Crippen LogP contribution < -0.4 is 0 Å². The zero-order valence-electron chi connectivity index (χ0n) is 12.5. The molecule has 6 nitrogen and oxygen atoms in total. The Morgan fingerprint density at radius 2 is 2.05 bits per heavy atom. The molecule has 1 aromatic carbocycles. The fourth-order valence-electron chi connectivity index (χ4n) is 2.06. The van der Waals surface area contributed by atoms with E-state index < -0.39 is 29.8 Å². The second kappa shape index (κ2) is 5.96. The van der Waals surface area contributed by atoms with Crippen molar-refractivity contribution < 1.29 is 23.9 Å². The third-order valence-corrected chi connectivity index (χ3v) is 3.13. The van der Waals surface area contributed by atoms with E-state index >= 15 is 0 Å². The van der Waals surface area contributed by atoms with Crippen molar-refractivity contribution >= 4 is 29.8 Å². The molecule has 118 valence electrons. The lowest BCUT2D eigenvalue weighted by atomic mass is 10.0. The molecule has 0 N–H and O–H groups in total. The van der Waals surface area contributed by atoms with Crippen LogP contribution in [0.1, 0.15) is 38.8 Å². The summed E-state index contributed by atoms with van der Waals surface area (Å²) in [7, 11) is 0. The number of ether oxygens (including phenoxy) is 2. The van der Waals surface area contributed by atoms with Gasteiger partial charge in [-0.2, -0.15) is 0 Å². The molecule has 0 aromatic heterocycles. The molecule has 0 radical (unpaired) electrons. The van der Waals surface area contributed by atoms with Crippen LogP contribution in [0.3, 0.4) is 0 Å². The van der Waals surface area contributed by atoms with Crippen LogP contribution in [0.25, 0.3) is 0 Å². The molecule has 1 fully saturated rings. The summed E-state index contributed by atoms with van der Waals surface area (Å²) in [6, 6.07) is 5.80. The first-order chi connectivity index (χ1) is 10.2. The second-order valence-electron chi connectivity index (χ2n) is 5.87. The van der Waals surface area contributed by atoms with E-state index in [9.17, 15) is 14.4 Å².